The Morgan fingerprint density at radius 3 is 2.45 bits per heavy atom. The highest BCUT2D eigenvalue weighted by Gasteiger charge is 2.08. The van der Waals surface area contributed by atoms with Crippen LogP contribution in [0.5, 0.6) is 0 Å². The topological polar surface area (TPSA) is 29.1 Å². The molecule has 0 aliphatic carbocycles. The Kier molecular flexibility index (Phi) is 5.64. The number of nitrogens with one attached hydrogen (secondary N) is 1. The van der Waals surface area contributed by atoms with Gasteiger partial charge >= 0.3 is 0 Å². The van der Waals surface area contributed by atoms with Crippen LogP contribution in [0.25, 0.3) is 0 Å². The molecule has 1 amide bonds. The summed E-state index contributed by atoms with van der Waals surface area (Å²) in [5.74, 6) is -0.179. The van der Waals surface area contributed by atoms with Gasteiger partial charge in [0.15, 0.2) is 0 Å². The third kappa shape index (κ3) is 4.33. The summed E-state index contributed by atoms with van der Waals surface area (Å²) in [5.41, 5.74) is 2.52. The SMILES string of the molecule is O=C(Nc1ccc(CCBr)cc1)c1cc(Cl)cc(Br)c1. The summed E-state index contributed by atoms with van der Waals surface area (Å²) in [6.45, 7) is 0. The molecule has 20 heavy (non-hydrogen) atoms. The van der Waals surface area contributed by atoms with Crippen LogP contribution in [0, 0.1) is 0 Å². The van der Waals surface area contributed by atoms with Gasteiger partial charge in [-0.1, -0.05) is 55.6 Å². The summed E-state index contributed by atoms with van der Waals surface area (Å²) in [6.07, 6.45) is 0.968. The molecule has 2 rings (SSSR count). The van der Waals surface area contributed by atoms with Gasteiger partial charge in [0.25, 0.3) is 5.91 Å². The van der Waals surface area contributed by atoms with Crippen molar-refractivity contribution >= 4 is 55.1 Å². The second-order valence-corrected chi connectivity index (χ2v) is 6.39. The van der Waals surface area contributed by atoms with Gasteiger partial charge in [-0.15, -0.1) is 0 Å². The second-order valence-electron chi connectivity index (χ2n) is 4.25. The minimum atomic E-state index is -0.179. The van der Waals surface area contributed by atoms with E-state index in [4.69, 9.17) is 11.6 Å². The van der Waals surface area contributed by atoms with Crippen LogP contribution in [0.1, 0.15) is 15.9 Å². The first-order chi connectivity index (χ1) is 9.58. The predicted octanol–water partition coefficient (Wildman–Crippen LogP) is 5.29. The smallest absolute Gasteiger partial charge is 0.255 e. The molecule has 1 N–H and O–H groups in total. The first-order valence-electron chi connectivity index (χ1n) is 6.01. The number of rotatable bonds is 4. The van der Waals surface area contributed by atoms with Crippen LogP contribution in [0.3, 0.4) is 0 Å². The van der Waals surface area contributed by atoms with E-state index < -0.39 is 0 Å². The number of alkyl halides is 1. The average molecular weight is 418 g/mol. The van der Waals surface area contributed by atoms with Crippen LogP contribution >= 0.6 is 43.5 Å². The fraction of sp³-hybridized carbons (Fsp3) is 0.133. The van der Waals surface area contributed by atoms with Gasteiger partial charge in [-0.05, 0) is 42.3 Å². The lowest BCUT2D eigenvalue weighted by Crippen LogP contribution is -2.11. The number of carbonyl (C=O) groups is 1. The average Bonchev–Trinajstić information content (AvgIpc) is 2.40. The summed E-state index contributed by atoms with van der Waals surface area (Å²) in [6, 6.07) is 12.9. The van der Waals surface area contributed by atoms with Crippen LogP contribution in [0.4, 0.5) is 5.69 Å². The Balaban J connectivity index is 2.10. The number of anilines is 1. The molecule has 0 saturated heterocycles. The lowest BCUT2D eigenvalue weighted by molar-refractivity contribution is 0.102. The van der Waals surface area contributed by atoms with Crippen LogP contribution < -0.4 is 5.32 Å². The third-order valence-corrected chi connectivity index (χ3v) is 3.79. The Bertz CT molecular complexity index is 594. The molecule has 0 atom stereocenters. The van der Waals surface area contributed by atoms with E-state index in [1.165, 1.54) is 5.56 Å². The van der Waals surface area contributed by atoms with Crippen molar-refractivity contribution in [2.24, 2.45) is 0 Å². The van der Waals surface area contributed by atoms with E-state index in [0.29, 0.717) is 10.6 Å². The number of benzene rings is 2. The minimum absolute atomic E-state index is 0.179. The molecule has 0 aliphatic heterocycles. The molecule has 104 valence electrons. The van der Waals surface area contributed by atoms with Crippen LogP contribution in [0.2, 0.25) is 5.02 Å². The normalized spacial score (nSPS) is 10.3. The van der Waals surface area contributed by atoms with Crippen molar-refractivity contribution in [3.63, 3.8) is 0 Å². The number of carbonyl (C=O) groups excluding carboxylic acids is 1. The lowest BCUT2D eigenvalue weighted by atomic mass is 10.1. The zero-order valence-electron chi connectivity index (χ0n) is 10.5. The van der Waals surface area contributed by atoms with Gasteiger partial charge in [0.2, 0.25) is 0 Å². The third-order valence-electron chi connectivity index (χ3n) is 2.72. The van der Waals surface area contributed by atoms with E-state index >= 15 is 0 Å². The fourth-order valence-electron chi connectivity index (χ4n) is 1.75. The van der Waals surface area contributed by atoms with Crippen molar-refractivity contribution in [2.45, 2.75) is 6.42 Å². The number of hydrogen-bond acceptors (Lipinski definition) is 1. The van der Waals surface area contributed by atoms with Crippen molar-refractivity contribution in [2.75, 3.05) is 10.6 Å². The first-order valence-corrected chi connectivity index (χ1v) is 8.30. The number of amides is 1. The van der Waals surface area contributed by atoms with Crippen LogP contribution in [0.15, 0.2) is 46.9 Å². The van der Waals surface area contributed by atoms with E-state index in [2.05, 4.69) is 37.2 Å². The highest BCUT2D eigenvalue weighted by atomic mass is 79.9. The highest BCUT2D eigenvalue weighted by molar-refractivity contribution is 9.10. The molecule has 2 aromatic carbocycles. The van der Waals surface area contributed by atoms with Gasteiger partial charge in [0, 0.05) is 26.1 Å². The number of halogens is 3. The molecule has 0 radical (unpaired) electrons. The monoisotopic (exact) mass is 415 g/mol. The molecule has 0 bridgehead atoms. The molecule has 0 aliphatic rings. The summed E-state index contributed by atoms with van der Waals surface area (Å²) in [7, 11) is 0. The maximum Gasteiger partial charge on any atom is 0.255 e. The predicted molar refractivity (Wildman–Crippen MR) is 91.0 cm³/mol. The Morgan fingerprint density at radius 2 is 1.85 bits per heavy atom. The zero-order chi connectivity index (χ0) is 14.5. The molecule has 2 aromatic rings. The van der Waals surface area contributed by atoms with Crippen molar-refractivity contribution in [1.82, 2.24) is 0 Å². The zero-order valence-corrected chi connectivity index (χ0v) is 14.4. The summed E-state index contributed by atoms with van der Waals surface area (Å²) in [4.78, 5) is 12.1. The van der Waals surface area contributed by atoms with Crippen LogP contribution in [-0.4, -0.2) is 11.2 Å². The fourth-order valence-corrected chi connectivity index (χ4v) is 3.07. The van der Waals surface area contributed by atoms with Gasteiger partial charge in [0.05, 0.1) is 0 Å². The largest absolute Gasteiger partial charge is 0.322 e. The van der Waals surface area contributed by atoms with E-state index in [9.17, 15) is 4.79 Å². The van der Waals surface area contributed by atoms with E-state index in [1.807, 2.05) is 24.3 Å². The molecule has 0 fully saturated rings. The van der Waals surface area contributed by atoms with Crippen molar-refractivity contribution in [3.8, 4) is 0 Å². The molecular weight excluding hydrogens is 405 g/mol. The van der Waals surface area contributed by atoms with E-state index in [1.54, 1.807) is 18.2 Å². The minimum Gasteiger partial charge on any atom is -0.322 e. The Labute approximate surface area is 139 Å². The summed E-state index contributed by atoms with van der Waals surface area (Å²) >= 11 is 12.7. The molecule has 0 aromatic heterocycles. The maximum atomic E-state index is 12.1. The van der Waals surface area contributed by atoms with Gasteiger partial charge in [-0.25, -0.2) is 0 Å². The second kappa shape index (κ2) is 7.25. The van der Waals surface area contributed by atoms with Crippen LogP contribution in [-0.2, 0) is 6.42 Å². The van der Waals surface area contributed by atoms with E-state index in [0.717, 1.165) is 21.9 Å². The Morgan fingerprint density at radius 1 is 1.15 bits per heavy atom. The lowest BCUT2D eigenvalue weighted by Gasteiger charge is -2.07. The molecule has 0 heterocycles. The maximum absolute atomic E-state index is 12.1. The molecule has 0 saturated carbocycles. The standard InChI is InChI=1S/C15H12Br2ClNO/c16-6-5-10-1-3-14(4-2-10)19-15(20)11-7-12(17)9-13(18)8-11/h1-4,7-9H,5-6H2,(H,19,20). The van der Waals surface area contributed by atoms with Gasteiger partial charge in [-0.2, -0.15) is 0 Å². The van der Waals surface area contributed by atoms with Gasteiger partial charge in [-0.3, -0.25) is 4.79 Å². The van der Waals surface area contributed by atoms with Gasteiger partial charge < -0.3 is 5.32 Å². The van der Waals surface area contributed by atoms with Crippen molar-refractivity contribution < 1.29 is 4.79 Å². The van der Waals surface area contributed by atoms with Crippen molar-refractivity contribution in [3.05, 3.63) is 63.1 Å². The summed E-state index contributed by atoms with van der Waals surface area (Å²) < 4.78 is 0.780. The molecular formula is C15H12Br2ClNO. The van der Waals surface area contributed by atoms with Gasteiger partial charge in [0.1, 0.15) is 0 Å². The number of aryl methyl sites for hydroxylation is 1. The molecule has 0 unspecified atom stereocenters. The molecule has 5 heteroatoms. The quantitative estimate of drug-likeness (QED) is 0.673. The first kappa shape index (κ1) is 15.5. The Hall–Kier alpha value is -0.840. The molecule has 0 spiro atoms. The summed E-state index contributed by atoms with van der Waals surface area (Å²) in [5, 5.41) is 4.30. The van der Waals surface area contributed by atoms with Crippen molar-refractivity contribution in [1.29, 1.82) is 0 Å². The molecule has 2 nitrogen and oxygen atoms in total. The highest BCUT2D eigenvalue weighted by Crippen LogP contribution is 2.20. The van der Waals surface area contributed by atoms with E-state index in [-0.39, 0.29) is 5.91 Å². The number of hydrogen-bond donors (Lipinski definition) is 1.